The average Bonchev–Trinajstić information content (AvgIpc) is 3.18. The van der Waals surface area contributed by atoms with Crippen LogP contribution in [0.1, 0.15) is 16.1 Å². The second-order valence-electron chi connectivity index (χ2n) is 6.62. The summed E-state index contributed by atoms with van der Waals surface area (Å²) < 4.78 is 11.1. The average molecular weight is 374 g/mol. The number of carbonyl (C=O) groups excluding carboxylic acids is 1. The molecule has 5 rings (SSSR count). The van der Waals surface area contributed by atoms with Crippen molar-refractivity contribution in [2.75, 3.05) is 30.0 Å². The van der Waals surface area contributed by atoms with Crippen molar-refractivity contribution in [1.29, 1.82) is 0 Å². The summed E-state index contributed by atoms with van der Waals surface area (Å²) in [7, 11) is 0. The Bertz CT molecular complexity index is 1040. The standard InChI is InChI=1S/C21H18N4O3/c26-21(25-10-9-14-3-1-2-4-17(14)25)16-6-8-20(24-23-16)22-15-5-7-18-19(13-15)28-12-11-27-18/h1-8,13H,9-12H2,(H,22,24). The van der Waals surface area contributed by atoms with Crippen LogP contribution < -0.4 is 19.7 Å². The highest BCUT2D eigenvalue weighted by molar-refractivity contribution is 6.06. The quantitative estimate of drug-likeness (QED) is 0.759. The second-order valence-corrected chi connectivity index (χ2v) is 6.62. The first-order valence-corrected chi connectivity index (χ1v) is 9.18. The third-order valence-electron chi connectivity index (χ3n) is 4.83. The number of carbonyl (C=O) groups is 1. The Morgan fingerprint density at radius 2 is 1.82 bits per heavy atom. The smallest absolute Gasteiger partial charge is 0.278 e. The molecule has 2 aliphatic heterocycles. The lowest BCUT2D eigenvalue weighted by Crippen LogP contribution is -2.29. The van der Waals surface area contributed by atoms with Crippen LogP contribution in [0.15, 0.2) is 54.6 Å². The molecular weight excluding hydrogens is 356 g/mol. The number of nitrogens with zero attached hydrogens (tertiary/aromatic N) is 3. The molecule has 1 aromatic heterocycles. The largest absolute Gasteiger partial charge is 0.486 e. The lowest BCUT2D eigenvalue weighted by Gasteiger charge is -2.19. The lowest BCUT2D eigenvalue weighted by atomic mass is 10.2. The number of nitrogens with one attached hydrogen (secondary N) is 1. The SMILES string of the molecule is O=C(c1ccc(Nc2ccc3c(c2)OCCO3)nn1)N1CCc2ccccc21. The van der Waals surface area contributed by atoms with Crippen LogP contribution in [-0.4, -0.2) is 35.9 Å². The van der Waals surface area contributed by atoms with Gasteiger partial charge < -0.3 is 19.7 Å². The fraction of sp³-hybridized carbons (Fsp3) is 0.190. The van der Waals surface area contributed by atoms with Gasteiger partial charge in [0.05, 0.1) is 0 Å². The molecule has 0 spiro atoms. The van der Waals surface area contributed by atoms with Crippen LogP contribution in [0.5, 0.6) is 11.5 Å². The van der Waals surface area contributed by atoms with Crippen LogP contribution in [-0.2, 0) is 6.42 Å². The van der Waals surface area contributed by atoms with E-state index in [2.05, 4.69) is 21.6 Å². The Kier molecular flexibility index (Phi) is 4.05. The van der Waals surface area contributed by atoms with Crippen molar-refractivity contribution in [1.82, 2.24) is 10.2 Å². The van der Waals surface area contributed by atoms with Crippen LogP contribution in [0, 0.1) is 0 Å². The summed E-state index contributed by atoms with van der Waals surface area (Å²) in [6.45, 7) is 1.76. The molecule has 2 aliphatic rings. The molecule has 1 amide bonds. The summed E-state index contributed by atoms with van der Waals surface area (Å²) >= 11 is 0. The minimum Gasteiger partial charge on any atom is -0.486 e. The van der Waals surface area contributed by atoms with Crippen molar-refractivity contribution in [2.24, 2.45) is 0 Å². The summed E-state index contributed by atoms with van der Waals surface area (Å²) in [6.07, 6.45) is 0.860. The number of anilines is 3. The molecule has 0 unspecified atom stereocenters. The molecular formula is C21H18N4O3. The zero-order valence-corrected chi connectivity index (χ0v) is 15.1. The van der Waals surface area contributed by atoms with Gasteiger partial charge in [-0.3, -0.25) is 4.79 Å². The van der Waals surface area contributed by atoms with Crippen molar-refractivity contribution in [3.8, 4) is 11.5 Å². The molecule has 0 aliphatic carbocycles. The van der Waals surface area contributed by atoms with E-state index in [0.29, 0.717) is 37.0 Å². The molecule has 1 N–H and O–H groups in total. The maximum atomic E-state index is 12.8. The van der Waals surface area contributed by atoms with Crippen LogP contribution in [0.25, 0.3) is 0 Å². The Labute approximate surface area is 161 Å². The minimum atomic E-state index is -0.136. The highest BCUT2D eigenvalue weighted by Gasteiger charge is 2.26. The zero-order valence-electron chi connectivity index (χ0n) is 15.1. The van der Waals surface area contributed by atoms with Gasteiger partial charge in [-0.1, -0.05) is 18.2 Å². The van der Waals surface area contributed by atoms with Gasteiger partial charge in [0.15, 0.2) is 23.0 Å². The molecule has 7 nitrogen and oxygen atoms in total. The summed E-state index contributed by atoms with van der Waals surface area (Å²) in [6, 6.07) is 17.0. The molecule has 0 radical (unpaired) electrons. The first kappa shape index (κ1) is 16.6. The van der Waals surface area contributed by atoms with Crippen LogP contribution >= 0.6 is 0 Å². The van der Waals surface area contributed by atoms with Crippen molar-refractivity contribution in [3.63, 3.8) is 0 Å². The van der Waals surface area contributed by atoms with E-state index in [1.54, 1.807) is 17.0 Å². The van der Waals surface area contributed by atoms with Gasteiger partial charge in [0.2, 0.25) is 0 Å². The Balaban J connectivity index is 1.32. The Morgan fingerprint density at radius 1 is 0.964 bits per heavy atom. The fourth-order valence-electron chi connectivity index (χ4n) is 3.47. The molecule has 0 saturated heterocycles. The van der Waals surface area contributed by atoms with E-state index >= 15 is 0 Å². The summed E-state index contributed by atoms with van der Waals surface area (Å²) in [5.41, 5.74) is 3.27. The number of aromatic nitrogens is 2. The van der Waals surface area contributed by atoms with Gasteiger partial charge in [0, 0.05) is 24.0 Å². The second kappa shape index (κ2) is 6.84. The summed E-state index contributed by atoms with van der Waals surface area (Å²) in [4.78, 5) is 14.6. The Morgan fingerprint density at radius 3 is 2.68 bits per heavy atom. The van der Waals surface area contributed by atoms with Crippen molar-refractivity contribution < 1.29 is 14.3 Å². The molecule has 2 aromatic carbocycles. The van der Waals surface area contributed by atoms with E-state index in [9.17, 15) is 4.79 Å². The first-order valence-electron chi connectivity index (χ1n) is 9.18. The van der Waals surface area contributed by atoms with Gasteiger partial charge in [0.1, 0.15) is 13.2 Å². The van der Waals surface area contributed by atoms with E-state index in [1.807, 2.05) is 36.4 Å². The van der Waals surface area contributed by atoms with E-state index < -0.39 is 0 Å². The molecule has 0 fully saturated rings. The normalized spacial score (nSPS) is 14.5. The molecule has 0 bridgehead atoms. The molecule has 7 heteroatoms. The fourth-order valence-corrected chi connectivity index (χ4v) is 3.47. The first-order chi connectivity index (χ1) is 13.8. The highest BCUT2D eigenvalue weighted by Crippen LogP contribution is 2.33. The molecule has 28 heavy (non-hydrogen) atoms. The van der Waals surface area contributed by atoms with Crippen molar-refractivity contribution in [2.45, 2.75) is 6.42 Å². The van der Waals surface area contributed by atoms with Crippen molar-refractivity contribution >= 4 is 23.1 Å². The van der Waals surface area contributed by atoms with Gasteiger partial charge in [-0.25, -0.2) is 0 Å². The number of hydrogen-bond donors (Lipinski definition) is 1. The lowest BCUT2D eigenvalue weighted by molar-refractivity contribution is 0.0983. The minimum absolute atomic E-state index is 0.136. The monoisotopic (exact) mass is 374 g/mol. The third-order valence-corrected chi connectivity index (χ3v) is 4.83. The van der Waals surface area contributed by atoms with Gasteiger partial charge in [-0.2, -0.15) is 0 Å². The topological polar surface area (TPSA) is 76.6 Å². The molecule has 3 aromatic rings. The van der Waals surface area contributed by atoms with Gasteiger partial charge >= 0.3 is 0 Å². The maximum absolute atomic E-state index is 12.8. The number of benzene rings is 2. The molecule has 0 atom stereocenters. The highest BCUT2D eigenvalue weighted by atomic mass is 16.6. The van der Waals surface area contributed by atoms with Crippen LogP contribution in [0.4, 0.5) is 17.2 Å². The number of rotatable bonds is 3. The molecule has 3 heterocycles. The van der Waals surface area contributed by atoms with Gasteiger partial charge in [0.25, 0.3) is 5.91 Å². The summed E-state index contributed by atoms with van der Waals surface area (Å²) in [5.74, 6) is 1.84. The third kappa shape index (κ3) is 3.00. The molecule has 0 saturated carbocycles. The van der Waals surface area contributed by atoms with E-state index in [4.69, 9.17) is 9.47 Å². The van der Waals surface area contributed by atoms with Crippen molar-refractivity contribution in [3.05, 3.63) is 65.9 Å². The van der Waals surface area contributed by atoms with E-state index in [0.717, 1.165) is 23.5 Å². The molecule has 140 valence electrons. The number of para-hydroxylation sites is 1. The van der Waals surface area contributed by atoms with Gasteiger partial charge in [-0.05, 0) is 42.3 Å². The maximum Gasteiger partial charge on any atom is 0.278 e. The predicted octanol–water partition coefficient (Wildman–Crippen LogP) is 3.19. The van der Waals surface area contributed by atoms with Crippen LogP contribution in [0.2, 0.25) is 0 Å². The predicted molar refractivity (Wildman–Crippen MR) is 105 cm³/mol. The van der Waals surface area contributed by atoms with Gasteiger partial charge in [-0.15, -0.1) is 10.2 Å². The summed E-state index contributed by atoms with van der Waals surface area (Å²) in [5, 5.41) is 11.4. The van der Waals surface area contributed by atoms with Crippen LogP contribution in [0.3, 0.4) is 0 Å². The number of amides is 1. The Hall–Kier alpha value is -3.61. The number of fused-ring (bicyclic) bond motifs is 2. The number of ether oxygens (including phenoxy) is 2. The number of hydrogen-bond acceptors (Lipinski definition) is 6. The van der Waals surface area contributed by atoms with E-state index in [-0.39, 0.29) is 5.91 Å². The zero-order chi connectivity index (χ0) is 18.9. The van der Waals surface area contributed by atoms with E-state index in [1.165, 1.54) is 5.56 Å².